The van der Waals surface area contributed by atoms with E-state index in [-0.39, 0.29) is 11.2 Å². The summed E-state index contributed by atoms with van der Waals surface area (Å²) in [5.74, 6) is 0.374. The Morgan fingerprint density at radius 1 is 1.11 bits per heavy atom. The van der Waals surface area contributed by atoms with Gasteiger partial charge in [0.25, 0.3) is 0 Å². The van der Waals surface area contributed by atoms with Crippen LogP contribution in [-0.4, -0.2) is 91.0 Å². The number of halogens is 3. The first-order valence-electron chi connectivity index (χ1n) is 12.0. The summed E-state index contributed by atoms with van der Waals surface area (Å²) in [4.78, 5) is 25.3. The van der Waals surface area contributed by atoms with E-state index in [1.165, 1.54) is 6.33 Å². The Hall–Kier alpha value is -3.58. The summed E-state index contributed by atoms with van der Waals surface area (Å²) >= 11 is 0. The maximum Gasteiger partial charge on any atom is 0.406 e. The Bertz CT molecular complexity index is 1370. The number of fused-ring (bicyclic) bond motifs is 2. The number of rotatable bonds is 8. The molecule has 0 bridgehead atoms. The average Bonchev–Trinajstić information content (AvgIpc) is 3.25. The summed E-state index contributed by atoms with van der Waals surface area (Å²) in [6, 6.07) is 5.72. The number of imidazole rings is 1. The van der Waals surface area contributed by atoms with Crippen LogP contribution in [-0.2, 0) is 6.54 Å². The van der Waals surface area contributed by atoms with E-state index < -0.39 is 18.3 Å². The van der Waals surface area contributed by atoms with Crippen LogP contribution in [0.2, 0.25) is 0 Å². The fourth-order valence-corrected chi connectivity index (χ4v) is 4.93. The molecule has 2 N–H and O–H groups in total. The summed E-state index contributed by atoms with van der Waals surface area (Å²) < 4.78 is 39.4. The Morgan fingerprint density at radius 2 is 1.97 bits per heavy atom. The van der Waals surface area contributed by atoms with E-state index in [0.717, 1.165) is 40.6 Å². The number of hydrogen-bond donors (Lipinski definition) is 2. The maximum absolute atomic E-state index is 12.8. The van der Waals surface area contributed by atoms with Gasteiger partial charge in [0, 0.05) is 45.1 Å². The molecule has 196 valence electrons. The Balaban J connectivity index is 1.19. The van der Waals surface area contributed by atoms with Crippen LogP contribution in [0.25, 0.3) is 22.2 Å². The molecule has 1 aliphatic heterocycles. The van der Waals surface area contributed by atoms with E-state index in [2.05, 4.69) is 35.1 Å². The summed E-state index contributed by atoms with van der Waals surface area (Å²) in [6.07, 6.45) is 3.01. The predicted octanol–water partition coefficient (Wildman–Crippen LogP) is 2.71. The molecule has 37 heavy (non-hydrogen) atoms. The van der Waals surface area contributed by atoms with E-state index in [1.54, 1.807) is 12.4 Å². The molecule has 5 heterocycles. The highest BCUT2D eigenvalue weighted by Crippen LogP contribution is 2.30. The van der Waals surface area contributed by atoms with Gasteiger partial charge < -0.3 is 24.8 Å². The number of nitrogens with one attached hydrogen (secondary N) is 1. The van der Waals surface area contributed by atoms with Gasteiger partial charge in [-0.2, -0.15) is 13.2 Å². The molecule has 1 unspecified atom stereocenters. The van der Waals surface area contributed by atoms with Gasteiger partial charge in [-0.25, -0.2) is 15.0 Å². The molecular weight excluding hydrogens is 487 g/mol. The van der Waals surface area contributed by atoms with Crippen molar-refractivity contribution >= 4 is 33.7 Å². The smallest absolute Gasteiger partial charge is 0.387 e. The van der Waals surface area contributed by atoms with Gasteiger partial charge in [0.05, 0.1) is 23.1 Å². The van der Waals surface area contributed by atoms with Gasteiger partial charge in [-0.3, -0.25) is 9.97 Å². The van der Waals surface area contributed by atoms with Crippen molar-refractivity contribution in [3.8, 4) is 0 Å². The first kappa shape index (κ1) is 25.1. The molecule has 13 heteroatoms. The van der Waals surface area contributed by atoms with Crippen LogP contribution in [0.15, 0.2) is 43.2 Å². The second kappa shape index (κ2) is 10.1. The van der Waals surface area contributed by atoms with Crippen LogP contribution >= 0.6 is 0 Å². The number of piperidine rings is 1. The number of alkyl halides is 3. The van der Waals surface area contributed by atoms with Crippen LogP contribution in [0.3, 0.4) is 0 Å². The highest BCUT2D eigenvalue weighted by molar-refractivity contribution is 5.87. The molecule has 0 radical (unpaired) electrons. The number of aliphatic hydroxyl groups is 1. The average molecular weight is 516 g/mol. The van der Waals surface area contributed by atoms with Crippen molar-refractivity contribution in [1.82, 2.24) is 34.4 Å². The molecule has 4 aromatic rings. The Morgan fingerprint density at radius 3 is 2.81 bits per heavy atom. The van der Waals surface area contributed by atoms with Gasteiger partial charge in [0.1, 0.15) is 23.9 Å². The molecule has 10 nitrogen and oxygen atoms in total. The third kappa shape index (κ3) is 5.72. The molecule has 0 aromatic carbocycles. The second-order valence-electron chi connectivity index (χ2n) is 9.50. The zero-order valence-electron chi connectivity index (χ0n) is 20.4. The molecule has 0 amide bonds. The van der Waals surface area contributed by atoms with E-state index in [0.29, 0.717) is 38.4 Å². The second-order valence-corrected chi connectivity index (χ2v) is 9.50. The molecule has 1 saturated heterocycles. The molecule has 1 atom stereocenters. The minimum atomic E-state index is -4.37. The van der Waals surface area contributed by atoms with Crippen molar-refractivity contribution in [3.63, 3.8) is 0 Å². The highest BCUT2D eigenvalue weighted by atomic mass is 19.4. The van der Waals surface area contributed by atoms with Gasteiger partial charge in [0.15, 0.2) is 11.5 Å². The lowest BCUT2D eigenvalue weighted by Crippen LogP contribution is -2.54. The quantitative estimate of drug-likeness (QED) is 0.366. The normalized spacial score (nSPS) is 18.7. The molecule has 1 fully saturated rings. The zero-order chi connectivity index (χ0) is 26.0. The first-order chi connectivity index (χ1) is 17.7. The summed E-state index contributed by atoms with van der Waals surface area (Å²) in [6.45, 7) is 1.65. The van der Waals surface area contributed by atoms with Gasteiger partial charge in [-0.05, 0) is 38.1 Å². The molecule has 0 aliphatic carbocycles. The topological polar surface area (TPSA) is 108 Å². The number of nitrogens with zero attached hydrogens (tertiary/aromatic N) is 8. The lowest BCUT2D eigenvalue weighted by atomic mass is 9.91. The maximum atomic E-state index is 12.8. The third-order valence-corrected chi connectivity index (χ3v) is 6.47. The zero-order valence-corrected chi connectivity index (χ0v) is 20.4. The van der Waals surface area contributed by atoms with Crippen LogP contribution in [0.5, 0.6) is 0 Å². The Kier molecular flexibility index (Phi) is 6.82. The number of β-amino-alcohol motifs (C(OH)–C–C–N with tert-alkyl or cyclic N) is 1. The first-order valence-corrected chi connectivity index (χ1v) is 12.0. The van der Waals surface area contributed by atoms with Crippen molar-refractivity contribution in [2.45, 2.75) is 31.2 Å². The van der Waals surface area contributed by atoms with Crippen LogP contribution < -0.4 is 10.2 Å². The number of hydrogen-bond acceptors (Lipinski definition) is 9. The van der Waals surface area contributed by atoms with Crippen molar-refractivity contribution in [1.29, 1.82) is 0 Å². The minimum absolute atomic E-state index is 0.123. The van der Waals surface area contributed by atoms with Gasteiger partial charge in [0.2, 0.25) is 0 Å². The van der Waals surface area contributed by atoms with Gasteiger partial charge in [-0.15, -0.1) is 0 Å². The summed E-state index contributed by atoms with van der Waals surface area (Å²) in [7, 11) is 1.93. The molecular formula is C24H28F3N9O. The van der Waals surface area contributed by atoms with Crippen molar-refractivity contribution in [2.75, 3.05) is 50.0 Å². The lowest BCUT2D eigenvalue weighted by Gasteiger charge is -2.42. The van der Waals surface area contributed by atoms with Crippen LogP contribution in [0, 0.1) is 0 Å². The van der Waals surface area contributed by atoms with Gasteiger partial charge in [-0.1, -0.05) is 0 Å². The van der Waals surface area contributed by atoms with E-state index >= 15 is 0 Å². The summed E-state index contributed by atoms with van der Waals surface area (Å²) in [5.41, 5.74) is 2.11. The largest absolute Gasteiger partial charge is 0.406 e. The third-order valence-electron chi connectivity index (χ3n) is 6.47. The number of aromatic nitrogens is 6. The molecule has 0 spiro atoms. The fraction of sp³-hybridized carbons (Fsp3) is 0.458. The Labute approximate surface area is 211 Å². The summed E-state index contributed by atoms with van der Waals surface area (Å²) in [5, 5.41) is 14.6. The molecule has 0 saturated carbocycles. The predicted molar refractivity (Wildman–Crippen MR) is 133 cm³/mol. The van der Waals surface area contributed by atoms with E-state index in [4.69, 9.17) is 0 Å². The van der Waals surface area contributed by atoms with Gasteiger partial charge >= 0.3 is 6.18 Å². The fourth-order valence-electron chi connectivity index (χ4n) is 4.93. The lowest BCUT2D eigenvalue weighted by molar-refractivity contribution is -0.140. The number of anilines is 2. The van der Waals surface area contributed by atoms with Crippen molar-refractivity contribution in [3.05, 3.63) is 43.2 Å². The highest BCUT2D eigenvalue weighted by Gasteiger charge is 2.35. The number of likely N-dealkylation sites (N-methyl/N-ethyl adjacent to an activating group) is 1. The van der Waals surface area contributed by atoms with Crippen LogP contribution in [0.4, 0.5) is 24.7 Å². The van der Waals surface area contributed by atoms with Crippen molar-refractivity contribution < 1.29 is 18.3 Å². The monoisotopic (exact) mass is 515 g/mol. The van der Waals surface area contributed by atoms with Crippen molar-refractivity contribution in [2.24, 2.45) is 0 Å². The standard InChI is InChI=1S/C24H28F3N9O/c1-34(11-9-30-21-20-22(32-15-31-21)36(16-33-20)14-24(25,26)27)12-23(37)6-3-10-35(13-23)18-5-8-28-17-4-2-7-29-19(17)18/h2,4-5,7-8,15-16,37H,3,6,9-14H2,1H3,(H,30,31,32). The van der Waals surface area contributed by atoms with E-state index in [1.807, 2.05) is 30.1 Å². The van der Waals surface area contributed by atoms with Crippen LogP contribution in [0.1, 0.15) is 12.8 Å². The molecule has 4 aromatic heterocycles. The number of pyridine rings is 2. The minimum Gasteiger partial charge on any atom is -0.387 e. The molecule has 1 aliphatic rings. The van der Waals surface area contributed by atoms with E-state index in [9.17, 15) is 18.3 Å². The molecule has 5 rings (SSSR count). The SMILES string of the molecule is CN(CCNc1ncnc2c1ncn2CC(F)(F)F)CC1(O)CCCN(c2ccnc3cccnc23)C1.